The highest BCUT2D eigenvalue weighted by molar-refractivity contribution is 5.95. The van der Waals surface area contributed by atoms with E-state index in [0.717, 1.165) is 18.3 Å². The minimum atomic E-state index is -1.40. The van der Waals surface area contributed by atoms with Crippen LogP contribution in [0.4, 0.5) is 16.2 Å². The summed E-state index contributed by atoms with van der Waals surface area (Å²) in [6.45, 7) is 3.19. The Kier molecular flexibility index (Phi) is 9.59. The Balaban J connectivity index is 1.73. The Morgan fingerprint density at radius 1 is 1.17 bits per heavy atom. The molecule has 0 aliphatic carbocycles. The molecule has 41 heavy (non-hydrogen) atoms. The van der Waals surface area contributed by atoms with Gasteiger partial charge in [0.15, 0.2) is 17.7 Å². The van der Waals surface area contributed by atoms with Crippen molar-refractivity contribution in [2.45, 2.75) is 26.1 Å². The van der Waals surface area contributed by atoms with Crippen LogP contribution in [0.2, 0.25) is 0 Å². The fraction of sp³-hybridized carbons (Fsp3) is 0.292. The van der Waals surface area contributed by atoms with Crippen LogP contribution in [-0.2, 0) is 9.53 Å². The van der Waals surface area contributed by atoms with Crippen molar-refractivity contribution in [2.75, 3.05) is 20.3 Å². The van der Waals surface area contributed by atoms with Crippen LogP contribution in [0.1, 0.15) is 31.0 Å². The molecule has 1 aliphatic heterocycles. The maximum absolute atomic E-state index is 12.4. The fourth-order valence-electron chi connectivity index (χ4n) is 3.80. The van der Waals surface area contributed by atoms with Gasteiger partial charge in [-0.3, -0.25) is 25.7 Å². The van der Waals surface area contributed by atoms with Crippen LogP contribution in [0.25, 0.3) is 0 Å². The second kappa shape index (κ2) is 13.1. The molecule has 2 amide bonds. The predicted octanol–water partition coefficient (Wildman–Crippen LogP) is 1.73. The maximum atomic E-state index is 12.4. The third-order valence-electron chi connectivity index (χ3n) is 5.59. The van der Waals surface area contributed by atoms with Crippen molar-refractivity contribution in [3.8, 4) is 17.2 Å². The summed E-state index contributed by atoms with van der Waals surface area (Å²) >= 11 is 0. The number of carbonyl (C=O) groups excluding carboxylic acids is 2. The third kappa shape index (κ3) is 7.15. The zero-order valence-corrected chi connectivity index (χ0v) is 21.9. The average molecular weight is 575 g/mol. The number of phenols is 1. The van der Waals surface area contributed by atoms with Gasteiger partial charge in [-0.15, -0.1) is 0 Å². The van der Waals surface area contributed by atoms with E-state index in [1.165, 1.54) is 13.2 Å². The monoisotopic (exact) mass is 574 g/mol. The zero-order chi connectivity index (χ0) is 30.3. The van der Waals surface area contributed by atoms with E-state index >= 15 is 0 Å². The number of phenolic OH excluding ortho intramolecular Hbond substituents is 1. The number of allylic oxidation sites excluding steroid dienone is 1. The molecule has 17 nitrogen and oxygen atoms in total. The Hall–Kier alpha value is -5.45. The molecule has 0 saturated heterocycles. The molecule has 0 bridgehead atoms. The quantitative estimate of drug-likeness (QED) is 0.0801. The van der Waals surface area contributed by atoms with Crippen LogP contribution in [0.5, 0.6) is 17.2 Å². The van der Waals surface area contributed by atoms with Crippen LogP contribution >= 0.6 is 0 Å². The largest absolute Gasteiger partial charge is 0.497 e. The van der Waals surface area contributed by atoms with Crippen molar-refractivity contribution in [2.24, 2.45) is 5.10 Å². The van der Waals surface area contributed by atoms with E-state index in [-0.39, 0.29) is 35.8 Å². The fourth-order valence-corrected chi connectivity index (χ4v) is 3.80. The molecule has 2 aromatic rings. The molecule has 17 heteroatoms. The number of ether oxygens (including phenoxy) is 3. The van der Waals surface area contributed by atoms with Gasteiger partial charge in [0.1, 0.15) is 6.61 Å². The van der Waals surface area contributed by atoms with Crippen molar-refractivity contribution >= 4 is 29.6 Å². The molecule has 0 radical (unpaired) electrons. The van der Waals surface area contributed by atoms with E-state index in [4.69, 9.17) is 14.2 Å². The van der Waals surface area contributed by atoms with Crippen LogP contribution in [0.15, 0.2) is 46.7 Å². The molecule has 0 saturated carbocycles. The standard InChI is InChI=1S/C24H26N6O11/c1-4-40-18-9-14(21-20(23(33)39-3)12(2)26-24(34)27-21)5-6-17(18)41-11-19(31)28-25-10-13-7-15(29(35)36)22(32)16(8-13)30(37)38/h5-10,19,21,28,31-32H,4,11H2,1-3H3,(H2,26,27,34)/b25-10+/t19-,21+/m1/s1. The minimum absolute atomic E-state index is 0.0864. The number of amides is 2. The number of hydrogen-bond donors (Lipinski definition) is 5. The normalized spacial score (nSPS) is 15.5. The maximum Gasteiger partial charge on any atom is 0.337 e. The van der Waals surface area contributed by atoms with E-state index in [0.29, 0.717) is 11.3 Å². The molecule has 218 valence electrons. The lowest BCUT2D eigenvalue weighted by molar-refractivity contribution is -0.396. The summed E-state index contributed by atoms with van der Waals surface area (Å²) in [5.41, 5.74) is 1.48. The Morgan fingerprint density at radius 2 is 1.83 bits per heavy atom. The summed E-state index contributed by atoms with van der Waals surface area (Å²) in [4.78, 5) is 44.6. The van der Waals surface area contributed by atoms with Gasteiger partial charge in [-0.25, -0.2) is 9.59 Å². The lowest BCUT2D eigenvalue weighted by Crippen LogP contribution is -2.45. The summed E-state index contributed by atoms with van der Waals surface area (Å²) < 4.78 is 16.1. The number of nitrogens with zero attached hydrogens (tertiary/aromatic N) is 3. The molecule has 0 spiro atoms. The summed E-state index contributed by atoms with van der Waals surface area (Å²) in [6.07, 6.45) is -0.423. The lowest BCUT2D eigenvalue weighted by atomic mass is 9.95. The van der Waals surface area contributed by atoms with E-state index < -0.39 is 51.2 Å². The van der Waals surface area contributed by atoms with Crippen molar-refractivity contribution in [3.05, 3.63) is 73.0 Å². The van der Waals surface area contributed by atoms with Crippen LogP contribution in [0, 0.1) is 20.2 Å². The number of hydrazone groups is 1. The van der Waals surface area contributed by atoms with Gasteiger partial charge in [0.05, 0.1) is 41.4 Å². The first kappa shape index (κ1) is 30.1. The smallest absolute Gasteiger partial charge is 0.337 e. The lowest BCUT2D eigenvalue weighted by Gasteiger charge is -2.28. The zero-order valence-electron chi connectivity index (χ0n) is 21.9. The van der Waals surface area contributed by atoms with Crippen LogP contribution in [-0.4, -0.2) is 64.8 Å². The molecule has 0 aromatic heterocycles. The highest BCUT2D eigenvalue weighted by Crippen LogP contribution is 2.37. The molecule has 1 heterocycles. The van der Waals surface area contributed by atoms with Gasteiger partial charge in [0, 0.05) is 23.4 Å². The first-order valence-corrected chi connectivity index (χ1v) is 11.8. The minimum Gasteiger partial charge on any atom is -0.497 e. The summed E-state index contributed by atoms with van der Waals surface area (Å²) in [5.74, 6) is -1.26. The van der Waals surface area contributed by atoms with Gasteiger partial charge in [0.25, 0.3) is 5.75 Å². The Morgan fingerprint density at radius 3 is 2.41 bits per heavy atom. The number of nitrogens with one attached hydrogen (secondary N) is 3. The van der Waals surface area contributed by atoms with E-state index in [1.54, 1.807) is 26.0 Å². The Bertz CT molecular complexity index is 1390. The Labute approximate surface area is 231 Å². The van der Waals surface area contributed by atoms with Crippen molar-refractivity contribution in [1.29, 1.82) is 0 Å². The highest BCUT2D eigenvalue weighted by Gasteiger charge is 2.32. The van der Waals surface area contributed by atoms with Crippen molar-refractivity contribution in [3.63, 3.8) is 0 Å². The topological polar surface area (TPSA) is 237 Å². The second-order valence-electron chi connectivity index (χ2n) is 8.34. The SMILES string of the molecule is CCOc1cc([C@@H]2NC(=O)NC(C)=C2C(=O)OC)ccc1OC[C@@H](O)N/N=C/c1cc([N+](=O)[O-])c(O)c([N+](=O)[O-])c1. The van der Waals surface area contributed by atoms with Crippen molar-refractivity contribution < 1.29 is 43.9 Å². The number of aliphatic hydroxyl groups excluding tert-OH is 1. The predicted molar refractivity (Wildman–Crippen MR) is 140 cm³/mol. The number of aromatic hydroxyl groups is 1. The highest BCUT2D eigenvalue weighted by atomic mass is 16.6. The van der Waals surface area contributed by atoms with Gasteiger partial charge >= 0.3 is 23.4 Å². The van der Waals surface area contributed by atoms with Gasteiger partial charge < -0.3 is 35.1 Å². The number of rotatable bonds is 12. The average Bonchev–Trinajstić information content (AvgIpc) is 2.92. The van der Waals surface area contributed by atoms with Gasteiger partial charge in [-0.05, 0) is 31.5 Å². The molecular formula is C24H26N6O11. The number of nitro benzene ring substituents is 2. The van der Waals surface area contributed by atoms with Gasteiger partial charge in [0.2, 0.25) is 0 Å². The molecule has 3 rings (SSSR count). The molecule has 2 aromatic carbocycles. The summed E-state index contributed by atoms with van der Waals surface area (Å²) in [5, 5.41) is 51.0. The number of methoxy groups -OCH3 is 1. The molecule has 2 atom stereocenters. The molecular weight excluding hydrogens is 548 g/mol. The number of benzene rings is 2. The molecule has 0 unspecified atom stereocenters. The number of hydrogen-bond acceptors (Lipinski definition) is 13. The summed E-state index contributed by atoms with van der Waals surface area (Å²) in [7, 11) is 1.22. The van der Waals surface area contributed by atoms with E-state index in [9.17, 15) is 40.0 Å². The first-order chi connectivity index (χ1) is 19.5. The number of esters is 1. The third-order valence-corrected chi connectivity index (χ3v) is 5.59. The molecule has 5 N–H and O–H groups in total. The number of urea groups is 1. The second-order valence-corrected chi connectivity index (χ2v) is 8.34. The van der Waals surface area contributed by atoms with Crippen LogP contribution in [0.3, 0.4) is 0 Å². The van der Waals surface area contributed by atoms with Gasteiger partial charge in [-0.2, -0.15) is 5.10 Å². The van der Waals surface area contributed by atoms with Crippen molar-refractivity contribution in [1.82, 2.24) is 16.1 Å². The number of carbonyl (C=O) groups is 2. The molecule has 1 aliphatic rings. The summed E-state index contributed by atoms with van der Waals surface area (Å²) in [6, 6.07) is 5.07. The van der Waals surface area contributed by atoms with Gasteiger partial charge in [-0.1, -0.05) is 6.07 Å². The number of nitro groups is 2. The van der Waals surface area contributed by atoms with E-state index in [2.05, 4.69) is 21.2 Å². The van der Waals surface area contributed by atoms with E-state index in [1.807, 2.05) is 0 Å². The number of aliphatic hydroxyl groups is 1. The first-order valence-electron chi connectivity index (χ1n) is 11.8. The molecule has 0 fully saturated rings. The van der Waals surface area contributed by atoms with Crippen LogP contribution < -0.4 is 25.5 Å².